The van der Waals surface area contributed by atoms with Crippen molar-refractivity contribution in [3.63, 3.8) is 0 Å². The molecule has 0 saturated carbocycles. The highest BCUT2D eigenvalue weighted by Crippen LogP contribution is 2.27. The van der Waals surface area contributed by atoms with E-state index < -0.39 is 5.97 Å². The Balaban J connectivity index is 0.000000346. The molecule has 0 saturated heterocycles. The highest BCUT2D eigenvalue weighted by molar-refractivity contribution is 5.86. The molecule has 0 heterocycles. The van der Waals surface area contributed by atoms with Crippen LogP contribution in [0.2, 0.25) is 0 Å². The van der Waals surface area contributed by atoms with Crippen molar-refractivity contribution in [1.82, 2.24) is 0 Å². The molecular weight excluding hydrogens is 424 g/mol. The van der Waals surface area contributed by atoms with Crippen LogP contribution in [0, 0.1) is 0 Å². The Morgan fingerprint density at radius 2 is 1.21 bits per heavy atom. The summed E-state index contributed by atoms with van der Waals surface area (Å²) in [5, 5.41) is 8.61. The Labute approximate surface area is 195 Å². The van der Waals surface area contributed by atoms with Gasteiger partial charge >= 0.3 is 5.97 Å². The van der Waals surface area contributed by atoms with Gasteiger partial charge in [0.15, 0.2) is 23.0 Å². The summed E-state index contributed by atoms with van der Waals surface area (Å²) >= 11 is 0. The van der Waals surface area contributed by atoms with E-state index in [1.165, 1.54) is 0 Å². The lowest BCUT2D eigenvalue weighted by atomic mass is 10.3. The van der Waals surface area contributed by atoms with E-state index in [1.54, 1.807) is 37.3 Å². The van der Waals surface area contributed by atoms with Gasteiger partial charge in [-0.15, -0.1) is 0 Å². The normalized spacial score (nSPS) is 9.52. The Bertz CT molecular complexity index is 876. The predicted molar refractivity (Wildman–Crippen MR) is 128 cm³/mol. The minimum absolute atomic E-state index is 0.00417. The molecule has 0 amide bonds. The molecule has 33 heavy (non-hydrogen) atoms. The summed E-state index contributed by atoms with van der Waals surface area (Å²) in [7, 11) is 0. The lowest BCUT2D eigenvalue weighted by molar-refractivity contribution is -0.139. The fourth-order valence-electron chi connectivity index (χ4n) is 2.24. The summed E-state index contributed by atoms with van der Waals surface area (Å²) in [6, 6.07) is 14.6. The average Bonchev–Trinajstić information content (AvgIpc) is 2.84. The zero-order valence-electron chi connectivity index (χ0n) is 19.0. The third kappa shape index (κ3) is 11.5. The third-order valence-electron chi connectivity index (χ3n) is 3.68. The van der Waals surface area contributed by atoms with E-state index in [0.717, 1.165) is 0 Å². The van der Waals surface area contributed by atoms with E-state index in [9.17, 15) is 4.79 Å². The maximum absolute atomic E-state index is 11.1. The highest BCUT2D eigenvalue weighted by Gasteiger charge is 2.06. The fourth-order valence-corrected chi connectivity index (χ4v) is 2.24. The third-order valence-corrected chi connectivity index (χ3v) is 3.68. The number of carbonyl (C=O) groups is 1. The molecule has 0 aliphatic heterocycles. The number of benzene rings is 2. The molecule has 0 bridgehead atoms. The van der Waals surface area contributed by atoms with Crippen LogP contribution in [0.1, 0.15) is 6.92 Å². The van der Waals surface area contributed by atoms with Crippen molar-refractivity contribution in [2.75, 3.05) is 39.6 Å². The van der Waals surface area contributed by atoms with E-state index in [-0.39, 0.29) is 26.4 Å². The SMILES string of the molecule is C=CCOc1ccccc1OCCO.C=CCOc1ccccc1OCCOC(=O)C(=C)C. The average molecular weight is 457 g/mol. The summed E-state index contributed by atoms with van der Waals surface area (Å²) in [5.41, 5.74) is 0.370. The van der Waals surface area contributed by atoms with Crippen LogP contribution in [0.4, 0.5) is 0 Å². The van der Waals surface area contributed by atoms with Gasteiger partial charge in [0.2, 0.25) is 0 Å². The topological polar surface area (TPSA) is 83.5 Å². The molecule has 0 atom stereocenters. The molecule has 0 aromatic heterocycles. The summed E-state index contributed by atoms with van der Waals surface area (Å²) < 4.78 is 26.5. The number of hydrogen-bond donors (Lipinski definition) is 1. The molecule has 2 rings (SSSR count). The Hall–Kier alpha value is -3.71. The van der Waals surface area contributed by atoms with E-state index in [4.69, 9.17) is 28.8 Å². The van der Waals surface area contributed by atoms with Crippen LogP contribution in [-0.2, 0) is 9.53 Å². The van der Waals surface area contributed by atoms with E-state index in [1.807, 2.05) is 30.3 Å². The summed E-state index contributed by atoms with van der Waals surface area (Å²) in [6.45, 7) is 13.8. The summed E-state index contributed by atoms with van der Waals surface area (Å²) in [6.07, 6.45) is 3.33. The zero-order valence-corrected chi connectivity index (χ0v) is 19.0. The molecular formula is C26H32O7. The Morgan fingerprint density at radius 1 is 0.788 bits per heavy atom. The first-order chi connectivity index (χ1) is 16.0. The minimum atomic E-state index is -0.417. The first-order valence-electron chi connectivity index (χ1n) is 10.4. The summed E-state index contributed by atoms with van der Waals surface area (Å²) in [4.78, 5) is 11.1. The van der Waals surface area contributed by atoms with Gasteiger partial charge in [0, 0.05) is 5.57 Å². The molecule has 0 spiro atoms. The van der Waals surface area contributed by atoms with Gasteiger partial charge in [-0.05, 0) is 31.2 Å². The second-order valence-electron chi connectivity index (χ2n) is 6.43. The molecule has 1 N–H and O–H groups in total. The monoisotopic (exact) mass is 456 g/mol. The van der Waals surface area contributed by atoms with Crippen LogP contribution in [0.5, 0.6) is 23.0 Å². The van der Waals surface area contributed by atoms with Gasteiger partial charge in [-0.1, -0.05) is 56.2 Å². The van der Waals surface area contributed by atoms with Gasteiger partial charge in [0.25, 0.3) is 0 Å². The van der Waals surface area contributed by atoms with Crippen molar-refractivity contribution in [3.05, 3.63) is 86.0 Å². The molecule has 7 heteroatoms. The Morgan fingerprint density at radius 3 is 1.61 bits per heavy atom. The van der Waals surface area contributed by atoms with Gasteiger partial charge in [-0.2, -0.15) is 0 Å². The molecule has 0 radical (unpaired) electrons. The standard InChI is InChI=1S/C15H18O4.C11H14O3/c1-4-9-17-13-7-5-6-8-14(13)18-10-11-19-15(16)12(2)3;1-2-8-13-10-5-3-4-6-11(10)14-9-7-12/h4-8H,1-2,9-11H2,3H3;2-6,12H,1,7-9H2. The van der Waals surface area contributed by atoms with Crippen LogP contribution in [-0.4, -0.2) is 50.7 Å². The van der Waals surface area contributed by atoms with E-state index >= 15 is 0 Å². The molecule has 0 aliphatic rings. The number of rotatable bonds is 14. The molecule has 0 unspecified atom stereocenters. The van der Waals surface area contributed by atoms with Crippen LogP contribution in [0.25, 0.3) is 0 Å². The number of para-hydroxylation sites is 4. The fraction of sp³-hybridized carbons (Fsp3) is 0.269. The first kappa shape index (κ1) is 27.3. The molecule has 7 nitrogen and oxygen atoms in total. The van der Waals surface area contributed by atoms with Crippen molar-refractivity contribution in [1.29, 1.82) is 0 Å². The molecule has 2 aromatic rings. The summed E-state index contributed by atoms with van der Waals surface area (Å²) in [5.74, 6) is 2.13. The number of esters is 1. The molecule has 2 aromatic carbocycles. The van der Waals surface area contributed by atoms with Gasteiger partial charge in [-0.3, -0.25) is 0 Å². The molecule has 178 valence electrons. The second kappa shape index (κ2) is 16.9. The zero-order chi connectivity index (χ0) is 24.3. The smallest absolute Gasteiger partial charge is 0.333 e. The van der Waals surface area contributed by atoms with Crippen LogP contribution < -0.4 is 18.9 Å². The van der Waals surface area contributed by atoms with Gasteiger partial charge in [0.05, 0.1) is 6.61 Å². The van der Waals surface area contributed by atoms with Crippen LogP contribution >= 0.6 is 0 Å². The van der Waals surface area contributed by atoms with Crippen molar-refractivity contribution >= 4 is 5.97 Å². The number of carbonyl (C=O) groups excluding carboxylic acids is 1. The first-order valence-corrected chi connectivity index (χ1v) is 10.4. The molecule has 0 aliphatic carbocycles. The van der Waals surface area contributed by atoms with Crippen molar-refractivity contribution in [3.8, 4) is 23.0 Å². The lowest BCUT2D eigenvalue weighted by Gasteiger charge is -2.11. The van der Waals surface area contributed by atoms with Crippen LogP contribution in [0.3, 0.4) is 0 Å². The van der Waals surface area contributed by atoms with E-state index in [2.05, 4.69) is 19.7 Å². The highest BCUT2D eigenvalue weighted by atomic mass is 16.6. The molecule has 0 fully saturated rings. The minimum Gasteiger partial charge on any atom is -0.487 e. The van der Waals surface area contributed by atoms with Crippen molar-refractivity contribution in [2.45, 2.75) is 6.92 Å². The lowest BCUT2D eigenvalue weighted by Crippen LogP contribution is -2.12. The van der Waals surface area contributed by atoms with Gasteiger partial charge in [0.1, 0.15) is 33.0 Å². The number of ether oxygens (including phenoxy) is 5. The quantitative estimate of drug-likeness (QED) is 0.196. The van der Waals surface area contributed by atoms with E-state index in [0.29, 0.717) is 41.8 Å². The van der Waals surface area contributed by atoms with Crippen molar-refractivity contribution < 1.29 is 33.6 Å². The van der Waals surface area contributed by atoms with Crippen molar-refractivity contribution in [2.24, 2.45) is 0 Å². The number of aliphatic hydroxyl groups excluding tert-OH is 1. The second-order valence-corrected chi connectivity index (χ2v) is 6.43. The number of hydrogen-bond acceptors (Lipinski definition) is 7. The predicted octanol–water partition coefficient (Wildman–Crippen LogP) is 4.37. The number of aliphatic hydroxyl groups is 1. The van der Waals surface area contributed by atoms with Crippen LogP contribution in [0.15, 0.2) is 86.0 Å². The maximum Gasteiger partial charge on any atom is 0.333 e. The Kier molecular flexibility index (Phi) is 14.0. The maximum atomic E-state index is 11.1. The largest absolute Gasteiger partial charge is 0.487 e. The van der Waals surface area contributed by atoms with Gasteiger partial charge < -0.3 is 28.8 Å². The van der Waals surface area contributed by atoms with Gasteiger partial charge in [-0.25, -0.2) is 4.79 Å².